The summed E-state index contributed by atoms with van der Waals surface area (Å²) in [5.41, 5.74) is -1.66. The summed E-state index contributed by atoms with van der Waals surface area (Å²) in [6.45, 7) is 0. The number of benzene rings is 2. The van der Waals surface area contributed by atoms with Crippen LogP contribution in [-0.2, 0) is 10.4 Å². The van der Waals surface area contributed by atoms with Crippen molar-refractivity contribution in [2.45, 2.75) is 12.0 Å². The number of carbonyl (C=O) groups is 2. The molecule has 1 amide bonds. The molecule has 0 unspecified atom stereocenters. The van der Waals surface area contributed by atoms with Crippen LogP contribution in [0, 0.1) is 10.1 Å². The maximum absolute atomic E-state index is 12.6. The molecule has 122 valence electrons. The molecule has 0 aromatic heterocycles. The smallest absolute Gasteiger partial charge is 0.280 e. The molecule has 0 saturated heterocycles. The molecule has 24 heavy (non-hydrogen) atoms. The fourth-order valence-corrected chi connectivity index (χ4v) is 2.98. The number of anilines is 1. The third-order valence-corrected chi connectivity index (χ3v) is 4.19. The van der Waals surface area contributed by atoms with Gasteiger partial charge in [0.15, 0.2) is 11.4 Å². The highest BCUT2D eigenvalue weighted by atomic mass is 16.6. The van der Waals surface area contributed by atoms with E-state index in [9.17, 15) is 24.8 Å². The summed E-state index contributed by atoms with van der Waals surface area (Å²) in [6.07, 6.45) is -0.558. The number of nitro benzene ring substituents is 1. The van der Waals surface area contributed by atoms with Gasteiger partial charge in [-0.15, -0.1) is 0 Å². The van der Waals surface area contributed by atoms with Crippen molar-refractivity contribution in [2.24, 2.45) is 0 Å². The van der Waals surface area contributed by atoms with Crippen LogP contribution in [0.5, 0.6) is 0 Å². The number of para-hydroxylation sites is 2. The van der Waals surface area contributed by atoms with Gasteiger partial charge in [-0.3, -0.25) is 19.7 Å². The molecule has 1 aliphatic heterocycles. The van der Waals surface area contributed by atoms with E-state index >= 15 is 0 Å². The molecule has 0 bridgehead atoms. The number of hydrogen-bond donors (Lipinski definition) is 1. The third kappa shape index (κ3) is 2.26. The van der Waals surface area contributed by atoms with Gasteiger partial charge in [0.2, 0.25) is 0 Å². The van der Waals surface area contributed by atoms with Gasteiger partial charge in [-0.25, -0.2) is 0 Å². The van der Waals surface area contributed by atoms with E-state index < -0.39 is 28.6 Å². The predicted molar refractivity (Wildman–Crippen MR) is 85.8 cm³/mol. The lowest BCUT2D eigenvalue weighted by Crippen LogP contribution is -2.40. The number of carbonyl (C=O) groups excluding carboxylic acids is 2. The molecule has 1 heterocycles. The van der Waals surface area contributed by atoms with Gasteiger partial charge in [-0.1, -0.05) is 30.3 Å². The molecule has 1 N–H and O–H groups in total. The Hall–Kier alpha value is -3.06. The van der Waals surface area contributed by atoms with Gasteiger partial charge in [-0.05, 0) is 12.1 Å². The Morgan fingerprint density at radius 1 is 1.21 bits per heavy atom. The van der Waals surface area contributed by atoms with E-state index in [1.165, 1.54) is 36.2 Å². The molecule has 0 saturated carbocycles. The Bertz CT molecular complexity index is 864. The molecule has 0 spiro atoms. The molecular weight excluding hydrogens is 312 g/mol. The van der Waals surface area contributed by atoms with Crippen LogP contribution in [0.1, 0.15) is 22.3 Å². The van der Waals surface area contributed by atoms with E-state index in [0.717, 1.165) is 0 Å². The number of fused-ring (bicyclic) bond motifs is 1. The minimum Gasteiger partial charge on any atom is -0.375 e. The first kappa shape index (κ1) is 15.8. The molecule has 0 radical (unpaired) electrons. The highest BCUT2D eigenvalue weighted by Gasteiger charge is 2.50. The molecule has 3 rings (SSSR count). The standard InChI is InChI=1S/C17H14N2O5/c1-18-14-9-5-3-7-12(14)17(22,16(18)21)10-15(20)11-6-2-4-8-13(11)19(23)24/h2-9,22H,10H2,1H3/t17-/m1/s1. The second-order valence-corrected chi connectivity index (χ2v) is 5.62. The first-order valence-electron chi connectivity index (χ1n) is 7.23. The van der Waals surface area contributed by atoms with E-state index in [4.69, 9.17) is 0 Å². The number of Topliss-reactive ketones (excluding diaryl/α,β-unsaturated/α-hetero) is 1. The normalized spacial score (nSPS) is 19.2. The Balaban J connectivity index is 2.01. The van der Waals surface area contributed by atoms with E-state index in [-0.39, 0.29) is 11.3 Å². The monoisotopic (exact) mass is 326 g/mol. The van der Waals surface area contributed by atoms with Crippen molar-refractivity contribution in [3.05, 3.63) is 69.8 Å². The summed E-state index contributed by atoms with van der Waals surface area (Å²) in [6, 6.07) is 12.1. The number of aliphatic hydroxyl groups is 1. The van der Waals surface area contributed by atoms with E-state index in [1.54, 1.807) is 24.3 Å². The van der Waals surface area contributed by atoms with Gasteiger partial charge in [0.1, 0.15) is 0 Å². The lowest BCUT2D eigenvalue weighted by Gasteiger charge is -2.21. The third-order valence-electron chi connectivity index (χ3n) is 4.19. The molecule has 0 aliphatic carbocycles. The minimum absolute atomic E-state index is 0.129. The van der Waals surface area contributed by atoms with E-state index in [2.05, 4.69) is 0 Å². The highest BCUT2D eigenvalue weighted by Crippen LogP contribution is 2.42. The number of nitrogens with zero attached hydrogens (tertiary/aromatic N) is 2. The second-order valence-electron chi connectivity index (χ2n) is 5.62. The van der Waals surface area contributed by atoms with Crippen molar-refractivity contribution in [1.29, 1.82) is 0 Å². The molecule has 2 aromatic rings. The van der Waals surface area contributed by atoms with E-state index in [1.807, 2.05) is 0 Å². The predicted octanol–water partition coefficient (Wildman–Crippen LogP) is 2.03. The second kappa shape index (κ2) is 5.54. The molecule has 1 atom stereocenters. The Morgan fingerprint density at radius 3 is 2.54 bits per heavy atom. The lowest BCUT2D eigenvalue weighted by atomic mass is 9.88. The van der Waals surface area contributed by atoms with Gasteiger partial charge >= 0.3 is 0 Å². The van der Waals surface area contributed by atoms with Gasteiger partial charge in [-0.2, -0.15) is 0 Å². The Labute approximate surface area is 137 Å². The summed E-state index contributed by atoms with van der Waals surface area (Å²) < 4.78 is 0. The van der Waals surface area contributed by atoms with Crippen molar-refractivity contribution >= 4 is 23.1 Å². The van der Waals surface area contributed by atoms with Crippen molar-refractivity contribution < 1.29 is 19.6 Å². The zero-order chi connectivity index (χ0) is 17.5. The first-order valence-corrected chi connectivity index (χ1v) is 7.23. The Morgan fingerprint density at radius 2 is 1.83 bits per heavy atom. The van der Waals surface area contributed by atoms with Crippen LogP contribution >= 0.6 is 0 Å². The van der Waals surface area contributed by atoms with Crippen molar-refractivity contribution in [3.63, 3.8) is 0 Å². The Kier molecular flexibility index (Phi) is 3.65. The summed E-state index contributed by atoms with van der Waals surface area (Å²) in [5, 5.41) is 21.9. The van der Waals surface area contributed by atoms with Gasteiger partial charge in [0, 0.05) is 18.7 Å². The number of rotatable bonds is 4. The number of amides is 1. The van der Waals surface area contributed by atoms with Crippen molar-refractivity contribution in [1.82, 2.24) is 0 Å². The fourth-order valence-electron chi connectivity index (χ4n) is 2.98. The maximum atomic E-state index is 12.6. The molecule has 2 aromatic carbocycles. The molecule has 1 aliphatic rings. The summed E-state index contributed by atoms with van der Waals surface area (Å²) >= 11 is 0. The van der Waals surface area contributed by atoms with Crippen LogP contribution in [0.4, 0.5) is 11.4 Å². The largest absolute Gasteiger partial charge is 0.375 e. The van der Waals surface area contributed by atoms with Crippen LogP contribution in [0.15, 0.2) is 48.5 Å². The quantitative estimate of drug-likeness (QED) is 0.526. The van der Waals surface area contributed by atoms with Gasteiger partial charge < -0.3 is 10.0 Å². The average Bonchev–Trinajstić information content (AvgIpc) is 2.77. The van der Waals surface area contributed by atoms with Crippen LogP contribution in [0.3, 0.4) is 0 Å². The highest BCUT2D eigenvalue weighted by molar-refractivity contribution is 6.11. The maximum Gasteiger partial charge on any atom is 0.280 e. The summed E-state index contributed by atoms with van der Waals surface area (Å²) in [7, 11) is 1.51. The molecule has 7 heteroatoms. The lowest BCUT2D eigenvalue weighted by molar-refractivity contribution is -0.385. The molecular formula is C17H14N2O5. The SMILES string of the molecule is CN1C(=O)[C@@](O)(CC(=O)c2ccccc2[N+](=O)[O-])c2ccccc21. The average molecular weight is 326 g/mol. The minimum atomic E-state index is -2.02. The number of hydrogen-bond acceptors (Lipinski definition) is 5. The zero-order valence-corrected chi connectivity index (χ0v) is 12.8. The van der Waals surface area contributed by atoms with Gasteiger partial charge in [0.05, 0.1) is 22.6 Å². The number of nitro groups is 1. The zero-order valence-electron chi connectivity index (χ0n) is 12.8. The van der Waals surface area contributed by atoms with Crippen LogP contribution in [0.2, 0.25) is 0 Å². The topological polar surface area (TPSA) is 101 Å². The van der Waals surface area contributed by atoms with Crippen LogP contribution in [0.25, 0.3) is 0 Å². The summed E-state index contributed by atoms with van der Waals surface area (Å²) in [4.78, 5) is 36.7. The number of ketones is 1. The van der Waals surface area contributed by atoms with E-state index in [0.29, 0.717) is 11.3 Å². The number of likely N-dealkylation sites (N-methyl/N-ethyl adjacent to an activating group) is 1. The molecule has 0 fully saturated rings. The molecule has 7 nitrogen and oxygen atoms in total. The van der Waals surface area contributed by atoms with Gasteiger partial charge in [0.25, 0.3) is 11.6 Å². The van der Waals surface area contributed by atoms with Crippen LogP contribution < -0.4 is 4.90 Å². The first-order chi connectivity index (χ1) is 11.4. The van der Waals surface area contributed by atoms with Crippen molar-refractivity contribution in [3.8, 4) is 0 Å². The van der Waals surface area contributed by atoms with Crippen LogP contribution in [-0.4, -0.2) is 28.8 Å². The van der Waals surface area contributed by atoms with Crippen molar-refractivity contribution in [2.75, 3.05) is 11.9 Å². The summed E-state index contributed by atoms with van der Waals surface area (Å²) in [5.74, 6) is -1.29. The fraction of sp³-hybridized carbons (Fsp3) is 0.176.